The summed E-state index contributed by atoms with van der Waals surface area (Å²) in [6.45, 7) is 11.3. The summed E-state index contributed by atoms with van der Waals surface area (Å²) in [4.78, 5) is 11.0. The highest BCUT2D eigenvalue weighted by atomic mass is 16.5. The summed E-state index contributed by atoms with van der Waals surface area (Å²) in [7, 11) is 0. The predicted molar refractivity (Wildman–Crippen MR) is 109 cm³/mol. The molecule has 2 aromatic carbocycles. The van der Waals surface area contributed by atoms with Crippen LogP contribution in [0.2, 0.25) is 0 Å². The van der Waals surface area contributed by atoms with Gasteiger partial charge in [-0.15, -0.1) is 0 Å². The van der Waals surface area contributed by atoms with Crippen molar-refractivity contribution in [1.82, 2.24) is 0 Å². The molecule has 0 fully saturated rings. The summed E-state index contributed by atoms with van der Waals surface area (Å²) in [6.07, 6.45) is 3.03. The fourth-order valence-corrected chi connectivity index (χ4v) is 4.02. The molecule has 0 unspecified atom stereocenters. The summed E-state index contributed by atoms with van der Waals surface area (Å²) < 4.78 is 12.7. The zero-order valence-electron chi connectivity index (χ0n) is 17.1. The fraction of sp³-hybridized carbons (Fsp3) is 0.458. The van der Waals surface area contributed by atoms with Gasteiger partial charge in [-0.3, -0.25) is 0 Å². The van der Waals surface area contributed by atoms with E-state index < -0.39 is 0 Å². The second-order valence-electron chi connectivity index (χ2n) is 8.33. The van der Waals surface area contributed by atoms with Crippen molar-refractivity contribution in [2.45, 2.75) is 72.0 Å². The number of fused-ring (bicyclic) bond motifs is 1. The molecule has 144 valence electrons. The van der Waals surface area contributed by atoms with E-state index in [1.807, 2.05) is 18.2 Å². The Hall–Kier alpha value is -2.29. The van der Waals surface area contributed by atoms with Crippen molar-refractivity contribution in [2.75, 3.05) is 0 Å². The van der Waals surface area contributed by atoms with Crippen LogP contribution in [0.15, 0.2) is 30.3 Å². The molecule has 3 heteroatoms. The first-order valence-corrected chi connectivity index (χ1v) is 9.81. The maximum atomic E-state index is 11.0. The van der Waals surface area contributed by atoms with Gasteiger partial charge in [0.1, 0.15) is 30.0 Å². The van der Waals surface area contributed by atoms with Gasteiger partial charge in [-0.2, -0.15) is 0 Å². The number of aldehydes is 1. The molecule has 2 aromatic rings. The van der Waals surface area contributed by atoms with Crippen molar-refractivity contribution < 1.29 is 14.3 Å². The molecule has 0 atom stereocenters. The van der Waals surface area contributed by atoms with Crippen LogP contribution < -0.4 is 9.47 Å². The molecule has 27 heavy (non-hydrogen) atoms. The topological polar surface area (TPSA) is 35.5 Å². The van der Waals surface area contributed by atoms with Crippen LogP contribution >= 0.6 is 0 Å². The van der Waals surface area contributed by atoms with Crippen molar-refractivity contribution in [3.8, 4) is 11.5 Å². The summed E-state index contributed by atoms with van der Waals surface area (Å²) >= 11 is 0. The predicted octanol–water partition coefficient (Wildman–Crippen LogP) is 5.54. The van der Waals surface area contributed by atoms with Crippen LogP contribution in [-0.2, 0) is 24.2 Å². The number of hydrogen-bond acceptors (Lipinski definition) is 3. The second kappa shape index (κ2) is 7.75. The maximum Gasteiger partial charge on any atom is 0.127 e. The van der Waals surface area contributed by atoms with Crippen LogP contribution in [0.1, 0.15) is 67.9 Å². The second-order valence-corrected chi connectivity index (χ2v) is 8.33. The Morgan fingerprint density at radius 1 is 1.22 bits per heavy atom. The van der Waals surface area contributed by atoms with Crippen LogP contribution in [0.5, 0.6) is 11.5 Å². The monoisotopic (exact) mass is 366 g/mol. The minimum Gasteiger partial charge on any atom is -0.488 e. The van der Waals surface area contributed by atoms with E-state index in [4.69, 9.17) is 9.47 Å². The molecule has 1 aliphatic heterocycles. The van der Waals surface area contributed by atoms with E-state index in [9.17, 15) is 4.79 Å². The maximum absolute atomic E-state index is 11.0. The lowest BCUT2D eigenvalue weighted by Crippen LogP contribution is -2.25. The van der Waals surface area contributed by atoms with E-state index in [1.54, 1.807) is 0 Å². The molecule has 1 aliphatic rings. The zero-order chi connectivity index (χ0) is 19.6. The van der Waals surface area contributed by atoms with Crippen LogP contribution in [0.4, 0.5) is 0 Å². The largest absolute Gasteiger partial charge is 0.488 e. The molecule has 0 N–H and O–H groups in total. The van der Waals surface area contributed by atoms with Gasteiger partial charge in [-0.1, -0.05) is 44.2 Å². The average molecular weight is 367 g/mol. The molecular formula is C24H30O3. The van der Waals surface area contributed by atoms with Crippen molar-refractivity contribution >= 4 is 6.29 Å². The van der Waals surface area contributed by atoms with E-state index in [1.165, 1.54) is 11.1 Å². The zero-order valence-corrected chi connectivity index (χ0v) is 17.1. The number of benzene rings is 2. The number of carbonyl (C=O) groups excluding carboxylic acids is 1. The molecule has 0 radical (unpaired) electrons. The van der Waals surface area contributed by atoms with Crippen LogP contribution in [0, 0.1) is 6.92 Å². The van der Waals surface area contributed by atoms with Crippen LogP contribution in [0.25, 0.3) is 0 Å². The van der Waals surface area contributed by atoms with E-state index in [-0.39, 0.29) is 5.60 Å². The Labute approximate surface area is 162 Å². The molecule has 0 aliphatic carbocycles. The first-order chi connectivity index (χ1) is 12.8. The van der Waals surface area contributed by atoms with Gasteiger partial charge in [0.15, 0.2) is 0 Å². The minimum absolute atomic E-state index is 0.230. The van der Waals surface area contributed by atoms with Gasteiger partial charge in [-0.05, 0) is 44.2 Å². The normalized spacial score (nSPS) is 14.7. The molecule has 0 saturated heterocycles. The Morgan fingerprint density at radius 3 is 2.56 bits per heavy atom. The van der Waals surface area contributed by atoms with Gasteiger partial charge in [0.25, 0.3) is 0 Å². The lowest BCUT2D eigenvalue weighted by atomic mass is 9.86. The molecule has 0 amide bonds. The fourth-order valence-electron chi connectivity index (χ4n) is 4.02. The molecular weight excluding hydrogens is 336 g/mol. The number of hydrogen-bond donors (Lipinski definition) is 0. The van der Waals surface area contributed by atoms with E-state index >= 15 is 0 Å². The lowest BCUT2D eigenvalue weighted by molar-refractivity contribution is -0.107. The van der Waals surface area contributed by atoms with Gasteiger partial charge < -0.3 is 14.3 Å². The lowest BCUT2D eigenvalue weighted by Gasteiger charge is -2.23. The standard InChI is InChI=1S/C24H30O3/c1-16(2)21-20-14-24(4,5)27-23(20)19(12-9-13-25)17(3)22(21)26-15-18-10-7-6-8-11-18/h6-8,10-11,13,16H,9,12,14-15H2,1-5H3. The van der Waals surface area contributed by atoms with E-state index in [0.717, 1.165) is 40.9 Å². The molecule has 1 heterocycles. The summed E-state index contributed by atoms with van der Waals surface area (Å²) in [5.41, 5.74) is 5.65. The highest BCUT2D eigenvalue weighted by Crippen LogP contribution is 2.48. The smallest absolute Gasteiger partial charge is 0.127 e. The van der Waals surface area contributed by atoms with Crippen molar-refractivity contribution in [3.63, 3.8) is 0 Å². The SMILES string of the molecule is Cc1c(CCC=O)c2c(c(C(C)C)c1OCc1ccccc1)CC(C)(C)O2. The number of carbonyl (C=O) groups is 1. The molecule has 0 spiro atoms. The molecule has 0 bridgehead atoms. The minimum atomic E-state index is -0.230. The highest BCUT2D eigenvalue weighted by Gasteiger charge is 2.37. The van der Waals surface area contributed by atoms with Crippen molar-refractivity contribution in [2.24, 2.45) is 0 Å². The third-order valence-electron chi connectivity index (χ3n) is 5.21. The number of rotatable bonds is 7. The Kier molecular flexibility index (Phi) is 5.59. The highest BCUT2D eigenvalue weighted by molar-refractivity contribution is 5.63. The van der Waals surface area contributed by atoms with Gasteiger partial charge >= 0.3 is 0 Å². The quantitative estimate of drug-likeness (QED) is 0.603. The Morgan fingerprint density at radius 2 is 1.93 bits per heavy atom. The first kappa shape index (κ1) is 19.5. The average Bonchev–Trinajstić information content (AvgIpc) is 2.94. The third-order valence-corrected chi connectivity index (χ3v) is 5.21. The number of ether oxygens (including phenoxy) is 2. The van der Waals surface area contributed by atoms with Crippen LogP contribution in [0.3, 0.4) is 0 Å². The van der Waals surface area contributed by atoms with Crippen LogP contribution in [-0.4, -0.2) is 11.9 Å². The van der Waals surface area contributed by atoms with Gasteiger partial charge in [0, 0.05) is 29.5 Å². The molecule has 3 rings (SSSR count). The van der Waals surface area contributed by atoms with E-state index in [2.05, 4.69) is 46.8 Å². The molecule has 0 aromatic heterocycles. The van der Waals surface area contributed by atoms with Gasteiger partial charge in [0.05, 0.1) is 0 Å². The third kappa shape index (κ3) is 4.02. The first-order valence-electron chi connectivity index (χ1n) is 9.81. The molecule has 3 nitrogen and oxygen atoms in total. The molecule has 0 saturated carbocycles. The van der Waals surface area contributed by atoms with Crippen molar-refractivity contribution in [1.29, 1.82) is 0 Å². The Bertz CT molecular complexity index is 820. The van der Waals surface area contributed by atoms with Gasteiger partial charge in [0.2, 0.25) is 0 Å². The summed E-state index contributed by atoms with van der Waals surface area (Å²) in [5.74, 6) is 2.28. The van der Waals surface area contributed by atoms with Gasteiger partial charge in [-0.25, -0.2) is 0 Å². The van der Waals surface area contributed by atoms with Crippen molar-refractivity contribution in [3.05, 3.63) is 58.1 Å². The summed E-state index contributed by atoms with van der Waals surface area (Å²) in [6, 6.07) is 10.2. The van der Waals surface area contributed by atoms with E-state index in [0.29, 0.717) is 25.4 Å². The summed E-state index contributed by atoms with van der Waals surface area (Å²) in [5, 5.41) is 0. The Balaban J connectivity index is 2.09.